The lowest BCUT2D eigenvalue weighted by Crippen LogP contribution is -2.44. The second-order valence-electron chi connectivity index (χ2n) is 6.61. The fourth-order valence-corrected chi connectivity index (χ4v) is 3.71. The summed E-state index contributed by atoms with van der Waals surface area (Å²) in [4.78, 5) is 2.59. The summed E-state index contributed by atoms with van der Waals surface area (Å²) in [5.74, 6) is 0. The Morgan fingerprint density at radius 1 is 1.05 bits per heavy atom. The zero-order valence-electron chi connectivity index (χ0n) is 14.3. The highest BCUT2D eigenvalue weighted by atomic mass is 15.2. The maximum atomic E-state index is 3.43. The molecule has 3 nitrogen and oxygen atoms in total. The van der Waals surface area contributed by atoms with Crippen LogP contribution in [-0.2, 0) is 13.0 Å². The summed E-state index contributed by atoms with van der Waals surface area (Å²) in [6, 6.07) is 4.55. The number of fused-ring (bicyclic) bond motifs is 1. The SMILES string of the molecule is CCCn1cc(CCN2CCNCC2)c2c(C)ccc(C)c21. The molecule has 0 radical (unpaired) electrons. The van der Waals surface area contributed by atoms with Gasteiger partial charge in [-0.2, -0.15) is 0 Å². The van der Waals surface area contributed by atoms with E-state index in [-0.39, 0.29) is 0 Å². The summed E-state index contributed by atoms with van der Waals surface area (Å²) >= 11 is 0. The molecule has 2 heterocycles. The van der Waals surface area contributed by atoms with E-state index in [1.54, 1.807) is 0 Å². The van der Waals surface area contributed by atoms with Crippen LogP contribution in [0.4, 0.5) is 0 Å². The van der Waals surface area contributed by atoms with Gasteiger partial charge in [-0.25, -0.2) is 0 Å². The number of hydrogen-bond acceptors (Lipinski definition) is 2. The molecule has 1 aromatic carbocycles. The minimum absolute atomic E-state index is 1.12. The first kappa shape index (κ1) is 15.6. The smallest absolute Gasteiger partial charge is 0.0515 e. The zero-order chi connectivity index (χ0) is 15.5. The Labute approximate surface area is 134 Å². The Balaban J connectivity index is 1.89. The number of hydrogen-bond donors (Lipinski definition) is 1. The molecule has 1 fully saturated rings. The number of nitrogens with zero attached hydrogens (tertiary/aromatic N) is 2. The largest absolute Gasteiger partial charge is 0.347 e. The standard InChI is InChI=1S/C19H29N3/c1-4-10-22-14-17(7-11-21-12-8-20-9-13-21)18-15(2)5-6-16(3)19(18)22/h5-6,14,20H,4,7-13H2,1-3H3. The third kappa shape index (κ3) is 3.06. The molecule has 22 heavy (non-hydrogen) atoms. The van der Waals surface area contributed by atoms with Gasteiger partial charge in [0, 0.05) is 50.9 Å². The molecule has 3 rings (SSSR count). The highest BCUT2D eigenvalue weighted by Gasteiger charge is 2.15. The highest BCUT2D eigenvalue weighted by molar-refractivity contribution is 5.89. The van der Waals surface area contributed by atoms with Crippen molar-refractivity contribution in [3.63, 3.8) is 0 Å². The number of benzene rings is 1. The first-order chi connectivity index (χ1) is 10.7. The van der Waals surface area contributed by atoms with Crippen LogP contribution in [0.1, 0.15) is 30.0 Å². The third-order valence-electron chi connectivity index (χ3n) is 4.88. The molecule has 120 valence electrons. The Bertz CT molecular complexity index is 636. The Hall–Kier alpha value is -1.32. The monoisotopic (exact) mass is 299 g/mol. The van der Waals surface area contributed by atoms with E-state index in [1.807, 2.05) is 0 Å². The van der Waals surface area contributed by atoms with E-state index in [9.17, 15) is 0 Å². The number of aryl methyl sites for hydroxylation is 3. The molecule has 3 heteroatoms. The van der Waals surface area contributed by atoms with Crippen LogP contribution in [0.2, 0.25) is 0 Å². The summed E-state index contributed by atoms with van der Waals surface area (Å²) in [6.07, 6.45) is 4.77. The van der Waals surface area contributed by atoms with Gasteiger partial charge in [-0.1, -0.05) is 19.1 Å². The van der Waals surface area contributed by atoms with Crippen molar-refractivity contribution >= 4 is 10.9 Å². The van der Waals surface area contributed by atoms with Crippen molar-refractivity contribution in [2.24, 2.45) is 0 Å². The number of aromatic nitrogens is 1. The van der Waals surface area contributed by atoms with Gasteiger partial charge in [0.15, 0.2) is 0 Å². The van der Waals surface area contributed by atoms with Crippen LogP contribution in [-0.4, -0.2) is 42.2 Å². The fraction of sp³-hybridized carbons (Fsp3) is 0.579. The fourth-order valence-electron chi connectivity index (χ4n) is 3.71. The number of piperazine rings is 1. The van der Waals surface area contributed by atoms with E-state index in [0.717, 1.165) is 26.1 Å². The lowest BCUT2D eigenvalue weighted by Gasteiger charge is -2.27. The van der Waals surface area contributed by atoms with Gasteiger partial charge in [0.25, 0.3) is 0 Å². The van der Waals surface area contributed by atoms with Crippen molar-refractivity contribution in [2.75, 3.05) is 32.7 Å². The number of rotatable bonds is 5. The second kappa shape index (κ2) is 6.84. The van der Waals surface area contributed by atoms with Gasteiger partial charge in [-0.15, -0.1) is 0 Å². The normalized spacial score (nSPS) is 16.5. The van der Waals surface area contributed by atoms with Crippen LogP contribution < -0.4 is 5.32 Å². The zero-order valence-corrected chi connectivity index (χ0v) is 14.3. The van der Waals surface area contributed by atoms with E-state index in [1.165, 1.54) is 53.6 Å². The van der Waals surface area contributed by atoms with Gasteiger partial charge < -0.3 is 14.8 Å². The van der Waals surface area contributed by atoms with Crippen LogP contribution in [0.5, 0.6) is 0 Å². The van der Waals surface area contributed by atoms with Gasteiger partial charge in [0.05, 0.1) is 5.52 Å². The molecular formula is C19H29N3. The first-order valence-corrected chi connectivity index (χ1v) is 8.71. The van der Waals surface area contributed by atoms with Crippen molar-refractivity contribution in [2.45, 2.75) is 40.2 Å². The van der Waals surface area contributed by atoms with E-state index in [0.29, 0.717) is 0 Å². The molecule has 0 atom stereocenters. The maximum Gasteiger partial charge on any atom is 0.0515 e. The molecule has 0 saturated carbocycles. The minimum Gasteiger partial charge on any atom is -0.347 e. The van der Waals surface area contributed by atoms with E-state index >= 15 is 0 Å². The van der Waals surface area contributed by atoms with Crippen LogP contribution in [0, 0.1) is 13.8 Å². The van der Waals surface area contributed by atoms with Gasteiger partial charge in [0.2, 0.25) is 0 Å². The molecule has 1 saturated heterocycles. The topological polar surface area (TPSA) is 20.2 Å². The quantitative estimate of drug-likeness (QED) is 0.915. The molecule has 0 aliphatic carbocycles. The Morgan fingerprint density at radius 3 is 2.50 bits per heavy atom. The molecule has 0 bridgehead atoms. The second-order valence-corrected chi connectivity index (χ2v) is 6.61. The molecule has 1 aliphatic heterocycles. The summed E-state index contributed by atoms with van der Waals surface area (Å²) in [6.45, 7) is 13.7. The average Bonchev–Trinajstić information content (AvgIpc) is 2.90. The molecule has 0 spiro atoms. The molecule has 2 aromatic rings. The molecular weight excluding hydrogens is 270 g/mol. The predicted octanol–water partition coefficient (Wildman–Crippen LogP) is 3.12. The first-order valence-electron chi connectivity index (χ1n) is 8.71. The minimum atomic E-state index is 1.12. The molecule has 0 unspecified atom stereocenters. The van der Waals surface area contributed by atoms with Crippen LogP contribution in [0.15, 0.2) is 18.3 Å². The van der Waals surface area contributed by atoms with Crippen LogP contribution >= 0.6 is 0 Å². The predicted molar refractivity (Wildman–Crippen MR) is 94.7 cm³/mol. The summed E-state index contributed by atoms with van der Waals surface area (Å²) < 4.78 is 2.48. The lowest BCUT2D eigenvalue weighted by molar-refractivity contribution is 0.244. The van der Waals surface area contributed by atoms with Gasteiger partial charge in [-0.05, 0) is 43.4 Å². The van der Waals surface area contributed by atoms with Crippen molar-refractivity contribution in [1.82, 2.24) is 14.8 Å². The van der Waals surface area contributed by atoms with E-state index in [2.05, 4.69) is 53.9 Å². The summed E-state index contributed by atoms with van der Waals surface area (Å²) in [7, 11) is 0. The van der Waals surface area contributed by atoms with Crippen molar-refractivity contribution in [3.05, 3.63) is 35.0 Å². The maximum absolute atomic E-state index is 3.43. The highest BCUT2D eigenvalue weighted by Crippen LogP contribution is 2.28. The molecule has 1 N–H and O–H groups in total. The average molecular weight is 299 g/mol. The third-order valence-corrected chi connectivity index (χ3v) is 4.88. The Kier molecular flexibility index (Phi) is 4.84. The van der Waals surface area contributed by atoms with Crippen molar-refractivity contribution in [3.8, 4) is 0 Å². The van der Waals surface area contributed by atoms with Crippen molar-refractivity contribution in [1.29, 1.82) is 0 Å². The van der Waals surface area contributed by atoms with Gasteiger partial charge in [0.1, 0.15) is 0 Å². The lowest BCUT2D eigenvalue weighted by atomic mass is 10.0. The summed E-state index contributed by atoms with van der Waals surface area (Å²) in [5, 5.41) is 4.94. The van der Waals surface area contributed by atoms with Crippen LogP contribution in [0.25, 0.3) is 10.9 Å². The van der Waals surface area contributed by atoms with E-state index < -0.39 is 0 Å². The van der Waals surface area contributed by atoms with Gasteiger partial charge in [-0.3, -0.25) is 0 Å². The number of nitrogens with one attached hydrogen (secondary N) is 1. The Morgan fingerprint density at radius 2 is 1.77 bits per heavy atom. The molecule has 1 aromatic heterocycles. The molecule has 0 amide bonds. The van der Waals surface area contributed by atoms with E-state index in [4.69, 9.17) is 0 Å². The van der Waals surface area contributed by atoms with Crippen LogP contribution in [0.3, 0.4) is 0 Å². The molecule has 1 aliphatic rings. The van der Waals surface area contributed by atoms with Crippen molar-refractivity contribution < 1.29 is 0 Å². The van der Waals surface area contributed by atoms with Gasteiger partial charge >= 0.3 is 0 Å². The summed E-state index contributed by atoms with van der Waals surface area (Å²) in [5.41, 5.74) is 5.81.